The Labute approximate surface area is 212 Å². The number of aryl methyl sites for hydroxylation is 1. The third-order valence-electron chi connectivity index (χ3n) is 8.74. The average Bonchev–Trinajstić information content (AvgIpc) is 2.75. The molecule has 0 amide bonds. The molecule has 0 saturated carbocycles. The summed E-state index contributed by atoms with van der Waals surface area (Å²) in [6.45, 7) is 25.2. The number of hydrogen-bond donors (Lipinski definition) is 1. The van der Waals surface area contributed by atoms with E-state index in [1.165, 1.54) is 61.7 Å². The topological polar surface area (TPSA) is 3.24 Å². The van der Waals surface area contributed by atoms with Crippen LogP contribution in [-0.2, 0) is 5.41 Å². The van der Waals surface area contributed by atoms with Gasteiger partial charge in [0.15, 0.2) is 7.28 Å². The van der Waals surface area contributed by atoms with Gasteiger partial charge in [0.2, 0.25) is 0 Å². The predicted octanol–water partition coefficient (Wildman–Crippen LogP) is 7.95. The molecule has 1 atom stereocenters. The molecule has 185 valence electrons. The maximum atomic E-state index is 4.84. The number of unbranched alkanes of at least 4 members (excludes halogenated alkanes) is 1. The lowest BCUT2D eigenvalue weighted by atomic mass is 9.56. The van der Waals surface area contributed by atoms with E-state index in [4.69, 9.17) is 12.6 Å². The van der Waals surface area contributed by atoms with E-state index < -0.39 is 0 Å². The number of piperidine rings is 1. The second-order valence-electron chi connectivity index (χ2n) is 12.0. The van der Waals surface area contributed by atoms with E-state index in [-0.39, 0.29) is 10.2 Å². The molecule has 1 fully saturated rings. The number of hydrogen-bond acceptors (Lipinski definition) is 2. The molecule has 33 heavy (non-hydrogen) atoms. The van der Waals surface area contributed by atoms with Gasteiger partial charge in [-0.3, -0.25) is 0 Å². The first-order valence-corrected chi connectivity index (χ1v) is 13.9. The van der Waals surface area contributed by atoms with Gasteiger partial charge >= 0.3 is 0 Å². The summed E-state index contributed by atoms with van der Waals surface area (Å²) >= 11 is 4.84. The lowest BCUT2D eigenvalue weighted by Gasteiger charge is -2.45. The lowest BCUT2D eigenvalue weighted by molar-refractivity contribution is 0.169. The van der Waals surface area contributed by atoms with E-state index in [9.17, 15) is 0 Å². The van der Waals surface area contributed by atoms with Crippen LogP contribution in [0.5, 0.6) is 0 Å². The smallest absolute Gasteiger partial charge is 0.152 e. The fraction of sp³-hybridized carbons (Fsp3) is 0.733. The zero-order valence-corrected chi connectivity index (χ0v) is 24.0. The van der Waals surface area contributed by atoms with Crippen molar-refractivity contribution >= 4 is 25.4 Å². The Morgan fingerprint density at radius 2 is 1.79 bits per heavy atom. The van der Waals surface area contributed by atoms with Gasteiger partial charge in [-0.2, -0.15) is 12.6 Å². The van der Waals surface area contributed by atoms with Gasteiger partial charge in [-0.25, -0.2) is 0 Å². The van der Waals surface area contributed by atoms with E-state index in [1.807, 2.05) is 0 Å². The van der Waals surface area contributed by atoms with Crippen molar-refractivity contribution < 1.29 is 0 Å². The molecule has 0 bridgehead atoms. The molecule has 0 aliphatic carbocycles. The molecule has 1 heterocycles. The number of rotatable bonds is 12. The van der Waals surface area contributed by atoms with E-state index in [2.05, 4.69) is 92.3 Å². The van der Waals surface area contributed by atoms with E-state index in [1.54, 1.807) is 5.56 Å². The SMILES string of the molecule is C=C(C(C)CCCC)N1CCC(CCC)(c2ccc([B]CC(C)(C)C(C)(C)S)cc2C)CC1. The molecule has 0 N–H and O–H groups in total. The Bertz CT molecular complexity index is 768. The van der Waals surface area contributed by atoms with Crippen LogP contribution in [0.4, 0.5) is 0 Å². The molecule has 0 spiro atoms. The Balaban J connectivity index is 2.12. The van der Waals surface area contributed by atoms with Crippen molar-refractivity contribution in [1.82, 2.24) is 4.90 Å². The van der Waals surface area contributed by atoms with Crippen molar-refractivity contribution in [2.24, 2.45) is 11.3 Å². The molecule has 3 heteroatoms. The molecule has 1 radical (unpaired) electrons. The van der Waals surface area contributed by atoms with Gasteiger partial charge in [0, 0.05) is 23.5 Å². The number of thiol groups is 1. The van der Waals surface area contributed by atoms with Gasteiger partial charge in [0.05, 0.1) is 0 Å². The fourth-order valence-corrected chi connectivity index (χ4v) is 5.47. The summed E-state index contributed by atoms with van der Waals surface area (Å²) in [5.41, 5.74) is 6.22. The van der Waals surface area contributed by atoms with Crippen molar-refractivity contribution in [2.75, 3.05) is 13.1 Å². The van der Waals surface area contributed by atoms with Crippen LogP contribution in [0.2, 0.25) is 6.32 Å². The third kappa shape index (κ3) is 7.09. The standard InChI is InChI=1S/C30H51BNS/c1-10-12-13-23(3)25(5)32-19-17-30(16-11-2,18-20-32)27-15-14-26(21-24(27)4)31-22-28(6,7)29(8,9)33/h14-15,21,23,33H,5,10-13,16-20,22H2,1-4,6-9H3. The number of nitrogens with zero attached hydrogens (tertiary/aromatic N) is 1. The van der Waals surface area contributed by atoms with Crippen LogP contribution in [0.25, 0.3) is 0 Å². The monoisotopic (exact) mass is 468 g/mol. The second kappa shape index (κ2) is 11.7. The van der Waals surface area contributed by atoms with Gasteiger partial charge in [-0.05, 0) is 60.5 Å². The molecule has 0 aromatic heterocycles. The molecule has 1 unspecified atom stereocenters. The molecular weight excluding hydrogens is 417 g/mol. The van der Waals surface area contributed by atoms with Crippen LogP contribution < -0.4 is 5.46 Å². The molecule has 2 rings (SSSR count). The Hall–Kier alpha value is -0.825. The Morgan fingerprint density at radius 3 is 2.30 bits per heavy atom. The van der Waals surface area contributed by atoms with Gasteiger partial charge in [-0.1, -0.05) is 104 Å². The molecule has 1 nitrogen and oxygen atoms in total. The third-order valence-corrected chi connectivity index (χ3v) is 9.35. The first kappa shape index (κ1) is 28.4. The maximum absolute atomic E-state index is 4.84. The van der Waals surface area contributed by atoms with Gasteiger partial charge in [0.1, 0.15) is 0 Å². The van der Waals surface area contributed by atoms with Crippen molar-refractivity contribution in [2.45, 2.75) is 117 Å². The Kier molecular flexibility index (Phi) is 10.1. The van der Waals surface area contributed by atoms with Crippen molar-refractivity contribution in [3.63, 3.8) is 0 Å². The van der Waals surface area contributed by atoms with Crippen LogP contribution in [0, 0.1) is 18.3 Å². The highest BCUT2D eigenvalue weighted by atomic mass is 32.1. The van der Waals surface area contributed by atoms with Crippen LogP contribution in [0.1, 0.15) is 105 Å². The first-order chi connectivity index (χ1) is 15.4. The largest absolute Gasteiger partial charge is 0.375 e. The minimum Gasteiger partial charge on any atom is -0.375 e. The van der Waals surface area contributed by atoms with E-state index in [0.717, 1.165) is 19.4 Å². The van der Waals surface area contributed by atoms with Gasteiger partial charge in [0.25, 0.3) is 0 Å². The van der Waals surface area contributed by atoms with Crippen LogP contribution in [-0.4, -0.2) is 30.0 Å². The highest BCUT2D eigenvalue weighted by Crippen LogP contribution is 2.42. The second-order valence-corrected chi connectivity index (χ2v) is 13.1. The summed E-state index contributed by atoms with van der Waals surface area (Å²) in [4.78, 5) is 2.59. The fourth-order valence-electron chi connectivity index (χ4n) is 5.37. The van der Waals surface area contributed by atoms with E-state index in [0.29, 0.717) is 11.3 Å². The van der Waals surface area contributed by atoms with Crippen molar-refractivity contribution in [1.29, 1.82) is 0 Å². The first-order valence-electron chi connectivity index (χ1n) is 13.5. The van der Waals surface area contributed by atoms with Gasteiger partial charge < -0.3 is 4.90 Å². The normalized spacial score (nSPS) is 17.7. The highest BCUT2D eigenvalue weighted by Gasteiger charge is 2.37. The number of allylic oxidation sites excluding steroid dienone is 1. The average molecular weight is 469 g/mol. The van der Waals surface area contributed by atoms with Crippen molar-refractivity contribution in [3.8, 4) is 0 Å². The number of likely N-dealkylation sites (tertiary alicyclic amines) is 1. The number of benzene rings is 1. The Morgan fingerprint density at radius 1 is 1.15 bits per heavy atom. The predicted molar refractivity (Wildman–Crippen MR) is 153 cm³/mol. The quantitative estimate of drug-likeness (QED) is 0.241. The summed E-state index contributed by atoms with van der Waals surface area (Å²) in [6, 6.07) is 7.23. The molecule has 1 aliphatic rings. The van der Waals surface area contributed by atoms with Crippen LogP contribution >= 0.6 is 12.6 Å². The molecule has 1 saturated heterocycles. The maximum Gasteiger partial charge on any atom is 0.152 e. The minimum atomic E-state index is -0.00428. The molecule has 1 aromatic rings. The summed E-state index contributed by atoms with van der Waals surface area (Å²) in [6.07, 6.45) is 9.89. The van der Waals surface area contributed by atoms with E-state index >= 15 is 0 Å². The lowest BCUT2D eigenvalue weighted by Crippen LogP contribution is -2.43. The van der Waals surface area contributed by atoms with Crippen molar-refractivity contribution in [3.05, 3.63) is 41.6 Å². The molecule has 1 aliphatic heterocycles. The van der Waals surface area contributed by atoms with Crippen LogP contribution in [0.15, 0.2) is 30.5 Å². The minimum absolute atomic E-state index is 0.00428. The molecular formula is C30H51BNS. The van der Waals surface area contributed by atoms with Gasteiger partial charge in [-0.15, -0.1) is 0 Å². The summed E-state index contributed by atoms with van der Waals surface area (Å²) in [5.74, 6) is 0.603. The summed E-state index contributed by atoms with van der Waals surface area (Å²) < 4.78 is -0.00428. The summed E-state index contributed by atoms with van der Waals surface area (Å²) in [7, 11) is 2.41. The highest BCUT2D eigenvalue weighted by molar-refractivity contribution is 7.81. The zero-order chi connectivity index (χ0) is 24.9. The van der Waals surface area contributed by atoms with Crippen LogP contribution in [0.3, 0.4) is 0 Å². The summed E-state index contributed by atoms with van der Waals surface area (Å²) in [5, 5.41) is 0. The molecule has 1 aromatic carbocycles. The zero-order valence-electron chi connectivity index (χ0n) is 23.1.